The van der Waals surface area contributed by atoms with Crippen LogP contribution >= 0.6 is 0 Å². The summed E-state index contributed by atoms with van der Waals surface area (Å²) in [6, 6.07) is 15.6. The number of nitrogens with one attached hydrogen (secondary N) is 1. The molecule has 0 radical (unpaired) electrons. The molecule has 0 aliphatic carbocycles. The summed E-state index contributed by atoms with van der Waals surface area (Å²) >= 11 is 0. The standard InChI is InChI=1S/C11H14O2.C9H12N2O/c1-2-3-9-4-5-10-11(8-9)13-7-6-12-10;1-9(10,11-7-12)8-5-3-2-4-6-8/h4-5,8H,2-3,6-7H2,1H3;2-7H,10H2,1H3,(H,11,12)/t;9-/m.0/s1. The second kappa shape index (κ2) is 9.08. The fourth-order valence-corrected chi connectivity index (χ4v) is 2.52. The Morgan fingerprint density at radius 3 is 2.44 bits per heavy atom. The molecule has 2 aromatic rings. The Kier molecular flexibility index (Phi) is 6.83. The fourth-order valence-electron chi connectivity index (χ4n) is 2.52. The van der Waals surface area contributed by atoms with E-state index in [0.29, 0.717) is 19.6 Å². The summed E-state index contributed by atoms with van der Waals surface area (Å²) in [6.07, 6.45) is 2.88. The maximum atomic E-state index is 10.2. The molecule has 1 aliphatic heterocycles. The highest BCUT2D eigenvalue weighted by Gasteiger charge is 2.18. The molecule has 0 fully saturated rings. The van der Waals surface area contributed by atoms with Crippen LogP contribution in [0.3, 0.4) is 0 Å². The summed E-state index contributed by atoms with van der Waals surface area (Å²) in [5.74, 6) is 1.78. The van der Waals surface area contributed by atoms with Crippen molar-refractivity contribution in [2.45, 2.75) is 32.4 Å². The number of hydrogen-bond acceptors (Lipinski definition) is 4. The van der Waals surface area contributed by atoms with E-state index in [2.05, 4.69) is 24.4 Å². The van der Waals surface area contributed by atoms with E-state index < -0.39 is 5.66 Å². The van der Waals surface area contributed by atoms with E-state index in [1.54, 1.807) is 6.92 Å². The third-order valence-electron chi connectivity index (χ3n) is 3.88. The second-order valence-electron chi connectivity index (χ2n) is 6.06. The van der Waals surface area contributed by atoms with Gasteiger partial charge in [0.15, 0.2) is 11.5 Å². The molecule has 134 valence electrons. The third kappa shape index (κ3) is 5.50. The van der Waals surface area contributed by atoms with E-state index in [4.69, 9.17) is 15.2 Å². The summed E-state index contributed by atoms with van der Waals surface area (Å²) in [7, 11) is 0. The van der Waals surface area contributed by atoms with Gasteiger partial charge in [0.2, 0.25) is 6.41 Å². The van der Waals surface area contributed by atoms with Crippen LogP contribution in [0, 0.1) is 0 Å². The summed E-state index contributed by atoms with van der Waals surface area (Å²) in [4.78, 5) is 10.2. The molecule has 25 heavy (non-hydrogen) atoms. The highest BCUT2D eigenvalue weighted by molar-refractivity contribution is 5.49. The van der Waals surface area contributed by atoms with Gasteiger partial charge in [-0.1, -0.05) is 49.7 Å². The molecule has 3 N–H and O–H groups in total. The van der Waals surface area contributed by atoms with Crippen molar-refractivity contribution in [3.63, 3.8) is 0 Å². The highest BCUT2D eigenvalue weighted by atomic mass is 16.6. The first kappa shape index (κ1) is 18.8. The molecular formula is C20H26N2O3. The summed E-state index contributed by atoms with van der Waals surface area (Å²) in [6.45, 7) is 5.26. The smallest absolute Gasteiger partial charge is 0.208 e. The minimum atomic E-state index is -0.775. The molecule has 5 nitrogen and oxygen atoms in total. The van der Waals surface area contributed by atoms with Crippen LogP contribution in [0.15, 0.2) is 48.5 Å². The van der Waals surface area contributed by atoms with Gasteiger partial charge < -0.3 is 20.5 Å². The Morgan fingerprint density at radius 1 is 1.12 bits per heavy atom. The first-order chi connectivity index (χ1) is 12.1. The zero-order chi connectivity index (χ0) is 18.1. The van der Waals surface area contributed by atoms with Gasteiger partial charge in [0.1, 0.15) is 18.9 Å². The molecule has 0 unspecified atom stereocenters. The Hall–Kier alpha value is -2.53. The predicted molar refractivity (Wildman–Crippen MR) is 98.6 cm³/mol. The van der Waals surface area contributed by atoms with Crippen LogP contribution in [0.4, 0.5) is 0 Å². The van der Waals surface area contributed by atoms with Gasteiger partial charge in [-0.2, -0.15) is 0 Å². The van der Waals surface area contributed by atoms with Gasteiger partial charge in [-0.3, -0.25) is 4.79 Å². The molecule has 0 saturated carbocycles. The summed E-state index contributed by atoms with van der Waals surface area (Å²) < 4.78 is 10.9. The molecule has 1 heterocycles. The fraction of sp³-hybridized carbons (Fsp3) is 0.350. The van der Waals surface area contributed by atoms with E-state index in [-0.39, 0.29) is 0 Å². The van der Waals surface area contributed by atoms with Gasteiger partial charge in [-0.15, -0.1) is 0 Å². The number of carbonyl (C=O) groups excluding carboxylic acids is 1. The monoisotopic (exact) mass is 342 g/mol. The average Bonchev–Trinajstić information content (AvgIpc) is 2.63. The molecule has 2 aromatic carbocycles. The van der Waals surface area contributed by atoms with Crippen LogP contribution in [0.25, 0.3) is 0 Å². The van der Waals surface area contributed by atoms with Crippen LogP contribution in [0.1, 0.15) is 31.4 Å². The number of nitrogens with two attached hydrogens (primary N) is 1. The summed E-state index contributed by atoms with van der Waals surface area (Å²) in [5, 5.41) is 2.54. The van der Waals surface area contributed by atoms with Crippen molar-refractivity contribution >= 4 is 6.41 Å². The van der Waals surface area contributed by atoms with Crippen LogP contribution in [0.5, 0.6) is 11.5 Å². The third-order valence-corrected chi connectivity index (χ3v) is 3.88. The lowest BCUT2D eigenvalue weighted by molar-refractivity contribution is -0.111. The molecule has 0 saturated heterocycles. The quantitative estimate of drug-likeness (QED) is 0.647. The van der Waals surface area contributed by atoms with Gasteiger partial charge in [0, 0.05) is 0 Å². The van der Waals surface area contributed by atoms with Gasteiger partial charge in [-0.25, -0.2) is 0 Å². The average molecular weight is 342 g/mol. The lowest BCUT2D eigenvalue weighted by Gasteiger charge is -2.23. The molecule has 1 atom stereocenters. The number of fused-ring (bicyclic) bond motifs is 1. The molecule has 0 bridgehead atoms. The lowest BCUT2D eigenvalue weighted by atomic mass is 10.0. The van der Waals surface area contributed by atoms with E-state index in [1.165, 1.54) is 12.0 Å². The van der Waals surface area contributed by atoms with Crippen molar-refractivity contribution in [2.24, 2.45) is 5.73 Å². The van der Waals surface area contributed by atoms with Crippen molar-refractivity contribution in [3.05, 3.63) is 59.7 Å². The molecule has 5 heteroatoms. The zero-order valence-corrected chi connectivity index (χ0v) is 14.8. The first-order valence-corrected chi connectivity index (χ1v) is 8.51. The van der Waals surface area contributed by atoms with Crippen molar-refractivity contribution in [3.8, 4) is 11.5 Å². The first-order valence-electron chi connectivity index (χ1n) is 8.51. The van der Waals surface area contributed by atoms with Gasteiger partial charge in [0.25, 0.3) is 0 Å². The largest absolute Gasteiger partial charge is 0.486 e. The number of ether oxygens (including phenoxy) is 2. The number of aryl methyl sites for hydroxylation is 1. The number of carbonyl (C=O) groups is 1. The number of benzene rings is 2. The van der Waals surface area contributed by atoms with E-state index >= 15 is 0 Å². The van der Waals surface area contributed by atoms with Crippen LogP contribution in [-0.4, -0.2) is 19.6 Å². The number of amides is 1. The van der Waals surface area contributed by atoms with Crippen molar-refractivity contribution in [1.82, 2.24) is 5.32 Å². The predicted octanol–water partition coefficient (Wildman–Crippen LogP) is 2.97. The van der Waals surface area contributed by atoms with Gasteiger partial charge >= 0.3 is 0 Å². The second-order valence-corrected chi connectivity index (χ2v) is 6.06. The maximum Gasteiger partial charge on any atom is 0.208 e. The SMILES string of the molecule is CCCc1ccc2c(c1)OCCO2.C[C@](N)(NC=O)c1ccccc1. The zero-order valence-electron chi connectivity index (χ0n) is 14.8. The van der Waals surface area contributed by atoms with Crippen molar-refractivity contribution in [1.29, 1.82) is 0 Å². The Morgan fingerprint density at radius 2 is 1.80 bits per heavy atom. The molecule has 1 amide bonds. The molecule has 0 aromatic heterocycles. The lowest BCUT2D eigenvalue weighted by Crippen LogP contribution is -2.46. The molecule has 3 rings (SSSR count). The topological polar surface area (TPSA) is 73.6 Å². The highest BCUT2D eigenvalue weighted by Crippen LogP contribution is 2.30. The Balaban J connectivity index is 0.000000181. The Labute approximate surface area is 149 Å². The number of hydrogen-bond donors (Lipinski definition) is 2. The van der Waals surface area contributed by atoms with Crippen molar-refractivity contribution in [2.75, 3.05) is 13.2 Å². The minimum Gasteiger partial charge on any atom is -0.486 e. The van der Waals surface area contributed by atoms with E-state index in [9.17, 15) is 4.79 Å². The number of rotatable bonds is 5. The van der Waals surface area contributed by atoms with Gasteiger partial charge in [-0.05, 0) is 36.6 Å². The van der Waals surface area contributed by atoms with Crippen molar-refractivity contribution < 1.29 is 14.3 Å². The molecule has 0 spiro atoms. The maximum absolute atomic E-state index is 10.2. The van der Waals surface area contributed by atoms with E-state index in [0.717, 1.165) is 23.5 Å². The normalized spacial score (nSPS) is 14.5. The minimum absolute atomic E-state index is 0.604. The van der Waals surface area contributed by atoms with Crippen LogP contribution in [-0.2, 0) is 16.9 Å². The summed E-state index contributed by atoms with van der Waals surface area (Å²) in [5.41, 5.74) is 7.24. The van der Waals surface area contributed by atoms with E-state index in [1.807, 2.05) is 36.4 Å². The molecule has 1 aliphatic rings. The van der Waals surface area contributed by atoms with Crippen LogP contribution in [0.2, 0.25) is 0 Å². The van der Waals surface area contributed by atoms with Crippen LogP contribution < -0.4 is 20.5 Å². The van der Waals surface area contributed by atoms with Gasteiger partial charge in [0.05, 0.1) is 0 Å². The molecular weight excluding hydrogens is 316 g/mol. The Bertz CT molecular complexity index is 672.